The fourth-order valence-corrected chi connectivity index (χ4v) is 1.35. The molecule has 0 saturated heterocycles. The first kappa shape index (κ1) is 15.9. The summed E-state index contributed by atoms with van der Waals surface area (Å²) in [5.74, 6) is 0.0592. The summed E-state index contributed by atoms with van der Waals surface area (Å²) in [6.07, 6.45) is 2.30. The van der Waals surface area contributed by atoms with Crippen molar-refractivity contribution in [1.29, 1.82) is 0 Å². The highest BCUT2D eigenvalue weighted by atomic mass is 16.5. The van der Waals surface area contributed by atoms with Gasteiger partial charge < -0.3 is 25.1 Å². The van der Waals surface area contributed by atoms with Gasteiger partial charge in [0.1, 0.15) is 6.29 Å². The molecule has 0 rings (SSSR count). The van der Waals surface area contributed by atoms with Crippen LogP contribution in [0.15, 0.2) is 0 Å². The number of carbonyl (C=O) groups is 2. The molecule has 6 nitrogen and oxygen atoms in total. The van der Waals surface area contributed by atoms with Crippen LogP contribution in [0.4, 0.5) is 4.79 Å². The normalized spacial score (nSPS) is 11.9. The highest BCUT2D eigenvalue weighted by molar-refractivity contribution is 5.67. The van der Waals surface area contributed by atoms with Gasteiger partial charge in [-0.05, 0) is 25.2 Å². The van der Waals surface area contributed by atoms with Crippen molar-refractivity contribution >= 4 is 12.4 Å². The fraction of sp³-hybridized carbons (Fsp3) is 0.818. The highest BCUT2D eigenvalue weighted by Crippen LogP contribution is 2.11. The molecule has 0 aromatic carbocycles. The third-order valence-electron chi connectivity index (χ3n) is 2.29. The lowest BCUT2D eigenvalue weighted by Gasteiger charge is -2.15. The molecule has 0 spiro atoms. The zero-order valence-corrected chi connectivity index (χ0v) is 9.93. The number of rotatable bonds is 10. The van der Waals surface area contributed by atoms with E-state index in [9.17, 15) is 9.59 Å². The van der Waals surface area contributed by atoms with Crippen LogP contribution in [0.1, 0.15) is 25.7 Å². The number of amides is 1. The quantitative estimate of drug-likeness (QED) is 0.375. The number of hydrogen-bond acceptors (Lipinski definition) is 5. The topological polar surface area (TPSA) is 95.9 Å². The lowest BCUT2D eigenvalue weighted by molar-refractivity contribution is -0.107. The van der Waals surface area contributed by atoms with Gasteiger partial charge in [0, 0.05) is 26.2 Å². The molecule has 100 valence electrons. The van der Waals surface area contributed by atoms with Gasteiger partial charge in [0.2, 0.25) is 0 Å². The number of aliphatic hydroxyl groups excluding tert-OH is 2. The molecule has 0 saturated carbocycles. The summed E-state index contributed by atoms with van der Waals surface area (Å²) in [6.45, 7) is 0.608. The first-order valence-electron chi connectivity index (χ1n) is 5.80. The zero-order valence-electron chi connectivity index (χ0n) is 9.93. The van der Waals surface area contributed by atoms with E-state index in [0.29, 0.717) is 19.3 Å². The van der Waals surface area contributed by atoms with Gasteiger partial charge in [0.15, 0.2) is 0 Å². The molecule has 0 heterocycles. The Morgan fingerprint density at radius 2 is 2.06 bits per heavy atom. The van der Waals surface area contributed by atoms with Gasteiger partial charge in [0.05, 0.1) is 6.61 Å². The van der Waals surface area contributed by atoms with Crippen LogP contribution in [-0.4, -0.2) is 49.0 Å². The van der Waals surface area contributed by atoms with E-state index in [0.717, 1.165) is 6.29 Å². The maximum absolute atomic E-state index is 11.1. The first-order valence-corrected chi connectivity index (χ1v) is 5.80. The minimum atomic E-state index is -0.557. The molecule has 6 heteroatoms. The van der Waals surface area contributed by atoms with Crippen molar-refractivity contribution < 1.29 is 24.5 Å². The molecule has 3 N–H and O–H groups in total. The summed E-state index contributed by atoms with van der Waals surface area (Å²) >= 11 is 0. The SMILES string of the molecule is O=CCCNC(=O)OCC(CCO)CCCO. The van der Waals surface area contributed by atoms with Gasteiger partial charge in [0.25, 0.3) is 0 Å². The van der Waals surface area contributed by atoms with Crippen molar-refractivity contribution in [3.05, 3.63) is 0 Å². The van der Waals surface area contributed by atoms with Crippen molar-refractivity contribution in [3.8, 4) is 0 Å². The van der Waals surface area contributed by atoms with E-state index in [1.54, 1.807) is 0 Å². The smallest absolute Gasteiger partial charge is 0.407 e. The number of ether oxygens (including phenoxy) is 1. The van der Waals surface area contributed by atoms with Crippen molar-refractivity contribution in [3.63, 3.8) is 0 Å². The molecule has 1 amide bonds. The van der Waals surface area contributed by atoms with Crippen LogP contribution >= 0.6 is 0 Å². The van der Waals surface area contributed by atoms with E-state index < -0.39 is 6.09 Å². The number of carbonyl (C=O) groups excluding carboxylic acids is 2. The van der Waals surface area contributed by atoms with Gasteiger partial charge in [-0.1, -0.05) is 0 Å². The minimum absolute atomic E-state index is 0.0339. The molecular weight excluding hydrogens is 226 g/mol. The Labute approximate surface area is 101 Å². The van der Waals surface area contributed by atoms with E-state index in [-0.39, 0.29) is 38.7 Å². The van der Waals surface area contributed by atoms with Crippen molar-refractivity contribution in [2.75, 3.05) is 26.4 Å². The van der Waals surface area contributed by atoms with Crippen LogP contribution in [0.5, 0.6) is 0 Å². The standard InChI is InChI=1S/C11H21NO5/c13-6-1-3-10(4-8-15)9-17-11(16)12-5-2-7-14/h7,10,13,15H,1-6,8-9H2,(H,12,16). The Hall–Kier alpha value is -1.14. The predicted octanol–water partition coefficient (Wildman–Crippen LogP) is 0.0727. The van der Waals surface area contributed by atoms with E-state index >= 15 is 0 Å². The summed E-state index contributed by atoms with van der Waals surface area (Å²) in [5.41, 5.74) is 0. The van der Waals surface area contributed by atoms with E-state index in [2.05, 4.69) is 5.32 Å². The number of aldehydes is 1. The number of aliphatic hydroxyl groups is 2. The predicted molar refractivity (Wildman–Crippen MR) is 61.5 cm³/mol. The highest BCUT2D eigenvalue weighted by Gasteiger charge is 2.11. The van der Waals surface area contributed by atoms with Crippen molar-refractivity contribution in [1.82, 2.24) is 5.32 Å². The van der Waals surface area contributed by atoms with Crippen LogP contribution in [-0.2, 0) is 9.53 Å². The molecule has 17 heavy (non-hydrogen) atoms. The van der Waals surface area contributed by atoms with Gasteiger partial charge in [-0.3, -0.25) is 0 Å². The molecule has 1 unspecified atom stereocenters. The average Bonchev–Trinajstić information content (AvgIpc) is 2.33. The number of alkyl carbamates (subject to hydrolysis) is 1. The third kappa shape index (κ3) is 9.77. The van der Waals surface area contributed by atoms with Gasteiger partial charge in [-0.15, -0.1) is 0 Å². The van der Waals surface area contributed by atoms with Gasteiger partial charge in [-0.25, -0.2) is 4.79 Å². The maximum atomic E-state index is 11.1. The Morgan fingerprint density at radius 3 is 2.65 bits per heavy atom. The average molecular weight is 247 g/mol. The Bertz CT molecular complexity index is 210. The Kier molecular flexibility index (Phi) is 10.6. The summed E-state index contributed by atoms with van der Waals surface area (Å²) in [7, 11) is 0. The summed E-state index contributed by atoms with van der Waals surface area (Å²) in [5, 5.41) is 19.9. The minimum Gasteiger partial charge on any atom is -0.449 e. The lowest BCUT2D eigenvalue weighted by atomic mass is 10.0. The molecule has 0 aliphatic carbocycles. The zero-order chi connectivity index (χ0) is 12.9. The fourth-order valence-electron chi connectivity index (χ4n) is 1.35. The van der Waals surface area contributed by atoms with Gasteiger partial charge >= 0.3 is 6.09 Å². The summed E-state index contributed by atoms with van der Waals surface area (Å²) < 4.78 is 4.94. The largest absolute Gasteiger partial charge is 0.449 e. The maximum Gasteiger partial charge on any atom is 0.407 e. The second kappa shape index (κ2) is 11.3. The molecular formula is C11H21NO5. The molecule has 0 aromatic rings. The van der Waals surface area contributed by atoms with Crippen molar-refractivity contribution in [2.45, 2.75) is 25.7 Å². The molecule has 0 aromatic heterocycles. The van der Waals surface area contributed by atoms with E-state index in [1.807, 2.05) is 0 Å². The monoisotopic (exact) mass is 247 g/mol. The molecule has 1 atom stereocenters. The molecule has 0 bridgehead atoms. The van der Waals surface area contributed by atoms with Crippen LogP contribution in [0.2, 0.25) is 0 Å². The summed E-state index contributed by atoms with van der Waals surface area (Å²) in [6, 6.07) is 0. The van der Waals surface area contributed by atoms with Crippen molar-refractivity contribution in [2.24, 2.45) is 5.92 Å². The first-order chi connectivity index (χ1) is 8.24. The Morgan fingerprint density at radius 1 is 1.29 bits per heavy atom. The van der Waals surface area contributed by atoms with Crippen LogP contribution in [0.25, 0.3) is 0 Å². The second-order valence-corrected chi connectivity index (χ2v) is 3.72. The molecule has 0 aliphatic heterocycles. The molecule has 0 radical (unpaired) electrons. The third-order valence-corrected chi connectivity index (χ3v) is 2.29. The van der Waals surface area contributed by atoms with E-state index in [1.165, 1.54) is 0 Å². The molecule has 0 fully saturated rings. The van der Waals surface area contributed by atoms with Crippen LogP contribution in [0, 0.1) is 5.92 Å². The van der Waals surface area contributed by atoms with Gasteiger partial charge in [-0.2, -0.15) is 0 Å². The number of hydrogen-bond donors (Lipinski definition) is 3. The van der Waals surface area contributed by atoms with Crippen LogP contribution < -0.4 is 5.32 Å². The summed E-state index contributed by atoms with van der Waals surface area (Å²) in [4.78, 5) is 21.2. The Balaban J connectivity index is 3.69. The second-order valence-electron chi connectivity index (χ2n) is 3.72. The van der Waals surface area contributed by atoms with Crippen LogP contribution in [0.3, 0.4) is 0 Å². The lowest BCUT2D eigenvalue weighted by Crippen LogP contribution is -2.27. The van der Waals surface area contributed by atoms with E-state index in [4.69, 9.17) is 14.9 Å². The molecule has 0 aliphatic rings. The number of nitrogens with one attached hydrogen (secondary N) is 1.